The zero-order valence-electron chi connectivity index (χ0n) is 21.9. The second-order valence-electron chi connectivity index (χ2n) is 9.23. The SMILES string of the molecule is C=Cc1cc2cccc(C=C)c2c(/C=c2\[nH]nc3c2=CN/C(=C\c2nc(C=C)cc4cccc(C=C)c24)N=C3)n1. The van der Waals surface area contributed by atoms with E-state index in [1.165, 1.54) is 0 Å². The van der Waals surface area contributed by atoms with E-state index in [-0.39, 0.29) is 0 Å². The van der Waals surface area contributed by atoms with Gasteiger partial charge in [-0.1, -0.05) is 74.9 Å². The summed E-state index contributed by atoms with van der Waals surface area (Å²) in [6.45, 7) is 15.8. The third-order valence-electron chi connectivity index (χ3n) is 6.84. The molecule has 192 valence electrons. The Morgan fingerprint density at radius 1 is 0.700 bits per heavy atom. The first-order chi connectivity index (χ1) is 19.6. The molecule has 4 heterocycles. The fourth-order valence-electron chi connectivity index (χ4n) is 4.94. The first-order valence-electron chi connectivity index (χ1n) is 12.8. The Kier molecular flexibility index (Phi) is 6.34. The van der Waals surface area contributed by atoms with Crippen LogP contribution in [0.4, 0.5) is 0 Å². The maximum atomic E-state index is 4.83. The number of benzene rings is 2. The van der Waals surface area contributed by atoms with E-state index < -0.39 is 0 Å². The van der Waals surface area contributed by atoms with Crippen LogP contribution in [-0.4, -0.2) is 26.4 Å². The van der Waals surface area contributed by atoms with Crippen molar-refractivity contribution in [3.8, 4) is 0 Å². The van der Waals surface area contributed by atoms with Crippen LogP contribution in [0.1, 0.15) is 39.6 Å². The number of fused-ring (bicyclic) bond motifs is 3. The van der Waals surface area contributed by atoms with Crippen molar-refractivity contribution in [2.75, 3.05) is 0 Å². The lowest BCUT2D eigenvalue weighted by Crippen LogP contribution is -2.27. The van der Waals surface area contributed by atoms with E-state index in [4.69, 9.17) is 9.97 Å². The summed E-state index contributed by atoms with van der Waals surface area (Å²) in [6, 6.07) is 16.2. The summed E-state index contributed by atoms with van der Waals surface area (Å²) < 4.78 is 0. The second-order valence-corrected chi connectivity index (χ2v) is 9.23. The lowest BCUT2D eigenvalue weighted by molar-refractivity contribution is 1.05. The molecule has 0 radical (unpaired) electrons. The Labute approximate surface area is 231 Å². The van der Waals surface area contributed by atoms with Crippen LogP contribution >= 0.6 is 0 Å². The number of pyridine rings is 2. The molecule has 0 atom stereocenters. The highest BCUT2D eigenvalue weighted by Gasteiger charge is 2.11. The number of aromatic amines is 1. The minimum Gasteiger partial charge on any atom is -0.346 e. The van der Waals surface area contributed by atoms with Crippen molar-refractivity contribution in [2.45, 2.75) is 0 Å². The Hall–Kier alpha value is -5.62. The Morgan fingerprint density at radius 2 is 1.30 bits per heavy atom. The van der Waals surface area contributed by atoms with Crippen molar-refractivity contribution < 1.29 is 0 Å². The molecule has 0 bridgehead atoms. The second kappa shape index (κ2) is 10.3. The first kappa shape index (κ1) is 24.7. The van der Waals surface area contributed by atoms with Crippen LogP contribution in [0, 0.1) is 0 Å². The first-order valence-corrected chi connectivity index (χ1v) is 12.8. The van der Waals surface area contributed by atoms with Crippen LogP contribution in [0.15, 0.2) is 85.7 Å². The average Bonchev–Trinajstić information content (AvgIpc) is 3.26. The zero-order valence-corrected chi connectivity index (χ0v) is 21.9. The van der Waals surface area contributed by atoms with Gasteiger partial charge in [-0.15, -0.1) is 0 Å². The number of aromatic nitrogens is 4. The third kappa shape index (κ3) is 4.37. The van der Waals surface area contributed by atoms with Crippen LogP contribution in [0.5, 0.6) is 0 Å². The molecule has 1 aliphatic rings. The van der Waals surface area contributed by atoms with E-state index >= 15 is 0 Å². The summed E-state index contributed by atoms with van der Waals surface area (Å²) in [5.74, 6) is 0.629. The highest BCUT2D eigenvalue weighted by molar-refractivity contribution is 5.98. The molecule has 0 aliphatic carbocycles. The molecule has 0 saturated heterocycles. The van der Waals surface area contributed by atoms with E-state index in [1.54, 1.807) is 18.4 Å². The molecule has 0 fully saturated rings. The van der Waals surface area contributed by atoms with E-state index in [0.29, 0.717) is 11.5 Å². The maximum Gasteiger partial charge on any atom is 0.132 e. The molecule has 40 heavy (non-hydrogen) atoms. The van der Waals surface area contributed by atoms with Crippen LogP contribution in [0.25, 0.3) is 64.2 Å². The molecule has 3 aromatic heterocycles. The number of hydrogen-bond donors (Lipinski definition) is 2. The lowest BCUT2D eigenvalue weighted by atomic mass is 10.0. The molecule has 5 aromatic rings. The molecule has 6 heteroatoms. The summed E-state index contributed by atoms with van der Waals surface area (Å²) in [5.41, 5.74) is 5.87. The van der Waals surface area contributed by atoms with E-state index in [0.717, 1.165) is 66.0 Å². The van der Waals surface area contributed by atoms with Crippen molar-refractivity contribution >= 4 is 70.4 Å². The molecular weight excluding hydrogens is 492 g/mol. The average molecular weight is 519 g/mol. The predicted molar refractivity (Wildman–Crippen MR) is 168 cm³/mol. The van der Waals surface area contributed by atoms with Gasteiger partial charge < -0.3 is 5.32 Å². The van der Waals surface area contributed by atoms with Crippen LogP contribution in [-0.2, 0) is 0 Å². The molecule has 0 saturated carbocycles. The minimum atomic E-state index is 0.629. The summed E-state index contributed by atoms with van der Waals surface area (Å²) >= 11 is 0. The van der Waals surface area contributed by atoms with Gasteiger partial charge in [0.1, 0.15) is 11.5 Å². The van der Waals surface area contributed by atoms with Gasteiger partial charge in [0, 0.05) is 28.3 Å². The molecule has 0 spiro atoms. The number of hydrogen-bond acceptors (Lipinski definition) is 5. The van der Waals surface area contributed by atoms with Gasteiger partial charge >= 0.3 is 0 Å². The Balaban J connectivity index is 1.49. The maximum absolute atomic E-state index is 4.83. The normalized spacial score (nSPS) is 13.9. The van der Waals surface area contributed by atoms with Crippen LogP contribution in [0.2, 0.25) is 0 Å². The zero-order chi connectivity index (χ0) is 27.6. The molecule has 6 nitrogen and oxygen atoms in total. The summed E-state index contributed by atoms with van der Waals surface area (Å²) in [4.78, 5) is 14.3. The van der Waals surface area contributed by atoms with Gasteiger partial charge in [0.15, 0.2) is 0 Å². The van der Waals surface area contributed by atoms with Gasteiger partial charge in [0.2, 0.25) is 0 Å². The summed E-state index contributed by atoms with van der Waals surface area (Å²) in [6.07, 6.45) is 14.7. The summed E-state index contributed by atoms with van der Waals surface area (Å²) in [5, 5.41) is 16.8. The molecular formula is C34H26N6. The van der Waals surface area contributed by atoms with Crippen LogP contribution in [0.3, 0.4) is 0 Å². The molecule has 2 aromatic carbocycles. The highest BCUT2D eigenvalue weighted by Crippen LogP contribution is 2.27. The fraction of sp³-hybridized carbons (Fsp3) is 0. The molecule has 2 N–H and O–H groups in total. The largest absolute Gasteiger partial charge is 0.346 e. The predicted octanol–water partition coefficient (Wildman–Crippen LogP) is 5.67. The van der Waals surface area contributed by atoms with Gasteiger partial charge in [0.25, 0.3) is 0 Å². The van der Waals surface area contributed by atoms with Gasteiger partial charge in [-0.2, -0.15) is 5.10 Å². The van der Waals surface area contributed by atoms with Gasteiger partial charge in [0.05, 0.1) is 34.3 Å². The highest BCUT2D eigenvalue weighted by atomic mass is 15.1. The number of nitrogens with one attached hydrogen (secondary N) is 2. The molecule has 1 aliphatic heterocycles. The number of H-pyrrole nitrogens is 1. The molecule has 6 rings (SSSR count). The van der Waals surface area contributed by atoms with Crippen LogP contribution < -0.4 is 15.9 Å². The minimum absolute atomic E-state index is 0.629. The lowest BCUT2D eigenvalue weighted by Gasteiger charge is -2.09. The fourth-order valence-corrected chi connectivity index (χ4v) is 4.94. The third-order valence-corrected chi connectivity index (χ3v) is 6.84. The van der Waals surface area contributed by atoms with E-state index in [2.05, 4.69) is 59.0 Å². The Bertz CT molecular complexity index is 2060. The van der Waals surface area contributed by atoms with Crippen molar-refractivity contribution in [2.24, 2.45) is 4.99 Å². The Morgan fingerprint density at radius 3 is 1.88 bits per heavy atom. The van der Waals surface area contributed by atoms with E-state index in [9.17, 15) is 0 Å². The quantitative estimate of drug-likeness (QED) is 0.304. The standard InChI is InChI=1S/C34H26N6/c1-5-21-11-9-13-23-15-25(7-3)37-29(33(21)23)17-28-27-19-35-32(36-20-31(27)40-39-28)18-30-34-22(6-2)12-10-14-24(34)16-26(8-4)38-30/h5-20,35,39H,1-4H2/b28-17-,32-18+. The van der Waals surface area contributed by atoms with Crippen molar-refractivity contribution in [1.82, 2.24) is 25.5 Å². The summed E-state index contributed by atoms with van der Waals surface area (Å²) in [7, 11) is 0. The monoisotopic (exact) mass is 518 g/mol. The van der Waals surface area contributed by atoms with E-state index in [1.807, 2.05) is 66.9 Å². The molecule has 0 unspecified atom stereocenters. The van der Waals surface area contributed by atoms with Crippen molar-refractivity contribution in [1.29, 1.82) is 0 Å². The smallest absolute Gasteiger partial charge is 0.132 e. The van der Waals surface area contributed by atoms with Gasteiger partial charge in [-0.05, 0) is 52.3 Å². The number of rotatable bonds is 6. The molecule has 0 amide bonds. The number of aliphatic imine (C=N–C) groups is 1. The topological polar surface area (TPSA) is 78.9 Å². The van der Waals surface area contributed by atoms with Gasteiger partial charge in [-0.25, -0.2) is 15.0 Å². The number of nitrogens with zero attached hydrogens (tertiary/aromatic N) is 4. The van der Waals surface area contributed by atoms with Crippen molar-refractivity contribution in [3.05, 3.63) is 131 Å². The van der Waals surface area contributed by atoms with Gasteiger partial charge in [-0.3, -0.25) is 5.10 Å². The van der Waals surface area contributed by atoms with Crippen molar-refractivity contribution in [3.63, 3.8) is 0 Å².